The summed E-state index contributed by atoms with van der Waals surface area (Å²) in [5, 5.41) is 0. The fraction of sp³-hybridized carbons (Fsp3) is 0.105. The lowest BCUT2D eigenvalue weighted by Gasteiger charge is -2.10. The molecule has 0 aromatic heterocycles. The summed E-state index contributed by atoms with van der Waals surface area (Å²) >= 11 is 0. The highest BCUT2D eigenvalue weighted by Crippen LogP contribution is 2.30. The molecule has 1 aliphatic heterocycles. The Morgan fingerprint density at radius 1 is 1.12 bits per heavy atom. The van der Waals surface area contributed by atoms with E-state index >= 15 is 0 Å². The number of ether oxygens (including phenoxy) is 3. The fourth-order valence-corrected chi connectivity index (χ4v) is 2.26. The van der Waals surface area contributed by atoms with Crippen LogP contribution in [0, 0.1) is 0 Å². The molecule has 0 saturated heterocycles. The van der Waals surface area contributed by atoms with Crippen LogP contribution < -0.4 is 9.47 Å². The summed E-state index contributed by atoms with van der Waals surface area (Å²) in [5.41, 5.74) is 1.31. The quantitative estimate of drug-likeness (QED) is 0.486. The average Bonchev–Trinajstić information content (AvgIpc) is 2.94. The van der Waals surface area contributed by atoms with Crippen molar-refractivity contribution in [1.29, 1.82) is 0 Å². The first-order valence-corrected chi connectivity index (χ1v) is 7.51. The summed E-state index contributed by atoms with van der Waals surface area (Å²) in [5.74, 6) is -0.0323. The standard InChI is InChI=1S/C19H15NO5/c1-12-20-15(19(22)24-12)10-13-8-9-16(17(11-13)23-2)25-18(21)14-6-4-3-5-7-14/h3-11H,1-2H3/b15-10+. The SMILES string of the molecule is COc1cc(/C=C2/N=C(C)OC2=O)ccc1OC(=O)c1ccccc1. The van der Waals surface area contributed by atoms with Crippen molar-refractivity contribution in [2.24, 2.45) is 4.99 Å². The zero-order chi connectivity index (χ0) is 17.8. The van der Waals surface area contributed by atoms with E-state index in [4.69, 9.17) is 14.2 Å². The molecule has 0 amide bonds. The second-order valence-electron chi connectivity index (χ2n) is 5.22. The maximum absolute atomic E-state index is 12.2. The van der Waals surface area contributed by atoms with E-state index in [2.05, 4.69) is 4.99 Å². The molecule has 25 heavy (non-hydrogen) atoms. The largest absolute Gasteiger partial charge is 0.493 e. The Bertz CT molecular complexity index is 884. The smallest absolute Gasteiger partial charge is 0.363 e. The van der Waals surface area contributed by atoms with Gasteiger partial charge in [-0.05, 0) is 35.9 Å². The Kier molecular flexibility index (Phi) is 4.61. The number of methoxy groups -OCH3 is 1. The van der Waals surface area contributed by atoms with Gasteiger partial charge in [0.2, 0.25) is 0 Å². The number of carbonyl (C=O) groups is 2. The molecule has 0 N–H and O–H groups in total. The molecule has 0 aliphatic carbocycles. The van der Waals surface area contributed by atoms with Gasteiger partial charge < -0.3 is 14.2 Å². The lowest BCUT2D eigenvalue weighted by Crippen LogP contribution is -2.09. The molecule has 0 atom stereocenters. The highest BCUT2D eigenvalue weighted by molar-refractivity contribution is 6.06. The predicted molar refractivity (Wildman–Crippen MR) is 91.6 cm³/mol. The van der Waals surface area contributed by atoms with Gasteiger partial charge in [-0.2, -0.15) is 0 Å². The van der Waals surface area contributed by atoms with Crippen LogP contribution in [0.4, 0.5) is 0 Å². The van der Waals surface area contributed by atoms with Crippen molar-refractivity contribution in [2.75, 3.05) is 7.11 Å². The molecule has 1 heterocycles. The van der Waals surface area contributed by atoms with Crippen LogP contribution >= 0.6 is 0 Å². The van der Waals surface area contributed by atoms with Gasteiger partial charge in [0.05, 0.1) is 12.7 Å². The number of nitrogens with zero attached hydrogens (tertiary/aromatic N) is 1. The van der Waals surface area contributed by atoms with Gasteiger partial charge in [0.25, 0.3) is 0 Å². The van der Waals surface area contributed by atoms with Crippen LogP contribution in [0.25, 0.3) is 6.08 Å². The Morgan fingerprint density at radius 3 is 2.52 bits per heavy atom. The van der Waals surface area contributed by atoms with E-state index in [0.717, 1.165) is 0 Å². The zero-order valence-corrected chi connectivity index (χ0v) is 13.7. The summed E-state index contributed by atoms with van der Waals surface area (Å²) in [4.78, 5) is 27.8. The summed E-state index contributed by atoms with van der Waals surface area (Å²) in [7, 11) is 1.47. The van der Waals surface area contributed by atoms with Crippen molar-refractivity contribution in [1.82, 2.24) is 0 Å². The number of esters is 2. The van der Waals surface area contributed by atoms with E-state index in [0.29, 0.717) is 22.8 Å². The summed E-state index contributed by atoms with van der Waals surface area (Å²) in [6.45, 7) is 1.60. The second kappa shape index (κ2) is 7.00. The summed E-state index contributed by atoms with van der Waals surface area (Å²) in [6, 6.07) is 13.6. The van der Waals surface area contributed by atoms with Crippen molar-refractivity contribution in [3.63, 3.8) is 0 Å². The fourth-order valence-electron chi connectivity index (χ4n) is 2.26. The molecule has 2 aromatic rings. The van der Waals surface area contributed by atoms with E-state index in [1.54, 1.807) is 55.5 Å². The molecule has 3 rings (SSSR count). The Labute approximate surface area is 144 Å². The molecule has 2 aromatic carbocycles. The van der Waals surface area contributed by atoms with E-state index < -0.39 is 11.9 Å². The van der Waals surface area contributed by atoms with Crippen molar-refractivity contribution >= 4 is 23.9 Å². The van der Waals surface area contributed by atoms with Gasteiger partial charge in [-0.25, -0.2) is 14.6 Å². The maximum atomic E-state index is 12.2. The second-order valence-corrected chi connectivity index (χ2v) is 5.22. The van der Waals surface area contributed by atoms with Crippen molar-refractivity contribution in [3.05, 3.63) is 65.4 Å². The van der Waals surface area contributed by atoms with Crippen molar-refractivity contribution in [3.8, 4) is 11.5 Å². The molecule has 0 fully saturated rings. The first kappa shape index (κ1) is 16.4. The van der Waals surface area contributed by atoms with Gasteiger partial charge >= 0.3 is 11.9 Å². The van der Waals surface area contributed by atoms with Crippen molar-refractivity contribution < 1.29 is 23.8 Å². The van der Waals surface area contributed by atoms with Gasteiger partial charge in [-0.15, -0.1) is 0 Å². The number of carbonyl (C=O) groups excluding carboxylic acids is 2. The third-order valence-electron chi connectivity index (χ3n) is 3.43. The van der Waals surface area contributed by atoms with Crippen LogP contribution in [0.2, 0.25) is 0 Å². The number of hydrogen-bond donors (Lipinski definition) is 0. The van der Waals surface area contributed by atoms with Gasteiger partial charge in [0, 0.05) is 6.92 Å². The molecule has 1 aliphatic rings. The number of hydrogen-bond acceptors (Lipinski definition) is 6. The van der Waals surface area contributed by atoms with E-state index in [9.17, 15) is 9.59 Å². The minimum atomic E-state index is -0.504. The first-order chi connectivity index (χ1) is 12.1. The Morgan fingerprint density at radius 2 is 1.88 bits per heavy atom. The molecular weight excluding hydrogens is 322 g/mol. The number of cyclic esters (lactones) is 1. The van der Waals surface area contributed by atoms with Crippen LogP contribution in [0.5, 0.6) is 11.5 Å². The van der Waals surface area contributed by atoms with Crippen LogP contribution in [-0.2, 0) is 9.53 Å². The average molecular weight is 337 g/mol. The van der Waals surface area contributed by atoms with E-state index in [1.807, 2.05) is 6.07 Å². The van der Waals surface area contributed by atoms with Crippen LogP contribution in [0.15, 0.2) is 59.2 Å². The van der Waals surface area contributed by atoms with Gasteiger partial charge in [-0.3, -0.25) is 0 Å². The Hall–Kier alpha value is -3.41. The third kappa shape index (κ3) is 3.74. The highest BCUT2D eigenvalue weighted by Gasteiger charge is 2.20. The Balaban J connectivity index is 1.84. The van der Waals surface area contributed by atoms with Gasteiger partial charge in [-0.1, -0.05) is 24.3 Å². The summed E-state index contributed by atoms with van der Waals surface area (Å²) < 4.78 is 15.5. The first-order valence-electron chi connectivity index (χ1n) is 7.51. The minimum Gasteiger partial charge on any atom is -0.493 e. The predicted octanol–water partition coefficient (Wildman–Crippen LogP) is 3.23. The van der Waals surface area contributed by atoms with Crippen LogP contribution in [0.1, 0.15) is 22.8 Å². The van der Waals surface area contributed by atoms with Crippen LogP contribution in [0.3, 0.4) is 0 Å². The molecule has 0 unspecified atom stereocenters. The van der Waals surface area contributed by atoms with Crippen LogP contribution in [-0.4, -0.2) is 24.9 Å². The lowest BCUT2D eigenvalue weighted by molar-refractivity contribution is -0.130. The highest BCUT2D eigenvalue weighted by atomic mass is 16.6. The zero-order valence-electron chi connectivity index (χ0n) is 13.7. The molecule has 6 nitrogen and oxygen atoms in total. The number of rotatable bonds is 4. The molecule has 126 valence electrons. The monoisotopic (exact) mass is 337 g/mol. The minimum absolute atomic E-state index is 0.202. The molecule has 6 heteroatoms. The van der Waals surface area contributed by atoms with Gasteiger partial charge in [0.1, 0.15) is 0 Å². The van der Waals surface area contributed by atoms with E-state index in [1.165, 1.54) is 7.11 Å². The topological polar surface area (TPSA) is 74.2 Å². The van der Waals surface area contributed by atoms with Gasteiger partial charge in [0.15, 0.2) is 23.1 Å². The molecule has 0 bridgehead atoms. The molecule has 0 saturated carbocycles. The summed E-state index contributed by atoms with van der Waals surface area (Å²) in [6.07, 6.45) is 1.57. The van der Waals surface area contributed by atoms with E-state index in [-0.39, 0.29) is 11.4 Å². The molecular formula is C19H15NO5. The van der Waals surface area contributed by atoms with Crippen molar-refractivity contribution in [2.45, 2.75) is 6.92 Å². The number of aliphatic imine (C=N–C) groups is 1. The molecule has 0 radical (unpaired) electrons. The lowest BCUT2D eigenvalue weighted by atomic mass is 10.1. The maximum Gasteiger partial charge on any atom is 0.363 e. The third-order valence-corrected chi connectivity index (χ3v) is 3.43. The normalized spacial score (nSPS) is 14.9. The number of benzene rings is 2. The molecule has 0 spiro atoms.